The monoisotopic (exact) mass is 336 g/mol. The number of likely N-dealkylation sites (tertiary alicyclic amines) is 1. The number of carbonyl (C=O) groups excluding carboxylic acids is 1. The van der Waals surface area contributed by atoms with Crippen LogP contribution in [0.25, 0.3) is 0 Å². The fourth-order valence-electron chi connectivity index (χ4n) is 2.43. The number of aliphatic hydroxyl groups excluding tert-OH is 1. The summed E-state index contributed by atoms with van der Waals surface area (Å²) in [4.78, 5) is 13.9. The maximum Gasteiger partial charge on any atom is 0.410 e. The fraction of sp³-hybridized carbons (Fsp3) is 0.929. The van der Waals surface area contributed by atoms with Crippen molar-refractivity contribution in [2.45, 2.75) is 58.1 Å². The Balaban J connectivity index is 2.60. The first-order valence-electron chi connectivity index (χ1n) is 7.72. The number of carbonyl (C=O) groups is 1. The van der Waals surface area contributed by atoms with E-state index in [1.807, 2.05) is 20.8 Å². The van der Waals surface area contributed by atoms with Crippen LogP contribution in [0.15, 0.2) is 0 Å². The fourth-order valence-corrected chi connectivity index (χ4v) is 3.56. The van der Waals surface area contributed by atoms with Gasteiger partial charge in [0.05, 0.1) is 12.4 Å². The average molecular weight is 336 g/mol. The molecule has 1 rings (SSSR count). The molecule has 0 spiro atoms. The van der Waals surface area contributed by atoms with Crippen LogP contribution in [0.5, 0.6) is 0 Å². The molecule has 1 atom stereocenters. The summed E-state index contributed by atoms with van der Waals surface area (Å²) >= 11 is 0. The van der Waals surface area contributed by atoms with Crippen molar-refractivity contribution < 1.29 is 23.1 Å². The second-order valence-corrected chi connectivity index (χ2v) is 8.48. The van der Waals surface area contributed by atoms with Crippen molar-refractivity contribution in [3.63, 3.8) is 0 Å². The van der Waals surface area contributed by atoms with Gasteiger partial charge in [-0.15, -0.1) is 0 Å². The molecule has 0 aromatic rings. The van der Waals surface area contributed by atoms with Gasteiger partial charge in [0, 0.05) is 19.1 Å². The molecule has 2 N–H and O–H groups in total. The molecule has 1 amide bonds. The highest BCUT2D eigenvalue weighted by Gasteiger charge is 2.31. The number of nitrogens with one attached hydrogen (secondary N) is 1. The zero-order valence-corrected chi connectivity index (χ0v) is 14.5. The quantitative estimate of drug-likeness (QED) is 0.756. The van der Waals surface area contributed by atoms with Crippen molar-refractivity contribution in [1.82, 2.24) is 9.62 Å². The minimum atomic E-state index is -3.42. The molecular weight excluding hydrogens is 308 g/mol. The van der Waals surface area contributed by atoms with E-state index in [1.54, 1.807) is 4.90 Å². The lowest BCUT2D eigenvalue weighted by Gasteiger charge is -2.36. The summed E-state index contributed by atoms with van der Waals surface area (Å²) in [5, 5.41) is 8.67. The Bertz CT molecular complexity index is 458. The Morgan fingerprint density at radius 2 is 2.05 bits per heavy atom. The predicted molar refractivity (Wildman–Crippen MR) is 84.1 cm³/mol. The summed E-state index contributed by atoms with van der Waals surface area (Å²) in [5.41, 5.74) is -0.562. The van der Waals surface area contributed by atoms with Crippen molar-refractivity contribution in [1.29, 1.82) is 0 Å². The van der Waals surface area contributed by atoms with Gasteiger partial charge in [-0.2, -0.15) is 0 Å². The topological polar surface area (TPSA) is 95.9 Å². The number of sulfonamides is 1. The van der Waals surface area contributed by atoms with E-state index in [1.165, 1.54) is 0 Å². The van der Waals surface area contributed by atoms with Crippen LogP contribution in [0.2, 0.25) is 0 Å². The number of aliphatic hydroxyl groups is 1. The third-order valence-electron chi connectivity index (χ3n) is 3.41. The van der Waals surface area contributed by atoms with E-state index >= 15 is 0 Å². The Labute approximate surface area is 133 Å². The van der Waals surface area contributed by atoms with Crippen LogP contribution in [-0.4, -0.2) is 61.6 Å². The van der Waals surface area contributed by atoms with Gasteiger partial charge in [-0.05, 0) is 46.5 Å². The van der Waals surface area contributed by atoms with Crippen LogP contribution in [-0.2, 0) is 14.8 Å². The maximum absolute atomic E-state index is 12.2. The predicted octanol–water partition coefficient (Wildman–Crippen LogP) is 1.08. The molecule has 0 saturated carbocycles. The molecule has 1 fully saturated rings. The van der Waals surface area contributed by atoms with Crippen molar-refractivity contribution >= 4 is 16.1 Å². The van der Waals surface area contributed by atoms with Crippen molar-refractivity contribution in [2.75, 3.05) is 25.4 Å². The summed E-state index contributed by atoms with van der Waals surface area (Å²) in [6.07, 6.45) is 2.67. The number of ether oxygens (including phenoxy) is 1. The molecule has 22 heavy (non-hydrogen) atoms. The first-order chi connectivity index (χ1) is 10.1. The molecule has 7 nitrogen and oxygen atoms in total. The Morgan fingerprint density at radius 1 is 1.36 bits per heavy atom. The van der Waals surface area contributed by atoms with Crippen molar-refractivity contribution in [3.8, 4) is 0 Å². The molecule has 0 radical (unpaired) electrons. The molecule has 0 aromatic heterocycles. The molecule has 1 unspecified atom stereocenters. The second-order valence-electron chi connectivity index (χ2n) is 6.55. The lowest BCUT2D eigenvalue weighted by molar-refractivity contribution is 0.00951. The number of piperidine rings is 1. The van der Waals surface area contributed by atoms with Crippen LogP contribution >= 0.6 is 0 Å². The van der Waals surface area contributed by atoms with E-state index in [2.05, 4.69) is 4.72 Å². The smallest absolute Gasteiger partial charge is 0.410 e. The average Bonchev–Trinajstić information content (AvgIpc) is 2.41. The van der Waals surface area contributed by atoms with Gasteiger partial charge >= 0.3 is 6.09 Å². The zero-order chi connectivity index (χ0) is 16.8. The Morgan fingerprint density at radius 3 is 2.64 bits per heavy atom. The van der Waals surface area contributed by atoms with Gasteiger partial charge in [0.25, 0.3) is 0 Å². The van der Waals surface area contributed by atoms with Crippen molar-refractivity contribution in [2.24, 2.45) is 0 Å². The molecule has 0 aromatic carbocycles. The Kier molecular flexibility index (Phi) is 7.08. The highest BCUT2D eigenvalue weighted by Crippen LogP contribution is 2.22. The van der Waals surface area contributed by atoms with E-state index in [-0.39, 0.29) is 31.0 Å². The molecule has 1 aliphatic rings. The SMILES string of the molecule is CC(C)(C)OC(=O)N1CCCCC1CCS(=O)(=O)NCCO. The molecule has 1 heterocycles. The first-order valence-corrected chi connectivity index (χ1v) is 9.38. The molecule has 1 aliphatic heterocycles. The largest absolute Gasteiger partial charge is 0.444 e. The van der Waals surface area contributed by atoms with Crippen LogP contribution in [0, 0.1) is 0 Å². The van der Waals surface area contributed by atoms with Gasteiger partial charge in [0.15, 0.2) is 0 Å². The molecule has 8 heteroatoms. The molecule has 0 bridgehead atoms. The summed E-state index contributed by atoms with van der Waals surface area (Å²) in [6.45, 7) is 5.83. The van der Waals surface area contributed by atoms with Crippen LogP contribution in [0.4, 0.5) is 4.79 Å². The first kappa shape index (κ1) is 19.2. The van der Waals surface area contributed by atoms with Gasteiger partial charge in [-0.1, -0.05) is 0 Å². The number of nitrogens with zero attached hydrogens (tertiary/aromatic N) is 1. The summed E-state index contributed by atoms with van der Waals surface area (Å²) in [7, 11) is -3.42. The van der Waals surface area contributed by atoms with E-state index < -0.39 is 15.6 Å². The lowest BCUT2D eigenvalue weighted by Crippen LogP contribution is -2.47. The van der Waals surface area contributed by atoms with Gasteiger partial charge in [-0.25, -0.2) is 17.9 Å². The van der Waals surface area contributed by atoms with Gasteiger partial charge in [0.2, 0.25) is 10.0 Å². The van der Waals surface area contributed by atoms with E-state index in [4.69, 9.17) is 9.84 Å². The molecule has 130 valence electrons. The third kappa shape index (κ3) is 6.93. The highest BCUT2D eigenvalue weighted by molar-refractivity contribution is 7.89. The van der Waals surface area contributed by atoms with Crippen LogP contribution in [0.1, 0.15) is 46.5 Å². The number of rotatable bonds is 6. The summed E-state index contributed by atoms with van der Waals surface area (Å²) < 4.78 is 31.3. The Hall–Kier alpha value is -0.860. The van der Waals surface area contributed by atoms with Crippen LogP contribution in [0.3, 0.4) is 0 Å². The molecule has 1 saturated heterocycles. The van der Waals surface area contributed by atoms with Crippen molar-refractivity contribution in [3.05, 3.63) is 0 Å². The number of amides is 1. The number of hydrogen-bond acceptors (Lipinski definition) is 5. The van der Waals surface area contributed by atoms with Gasteiger partial charge < -0.3 is 14.7 Å². The molecular formula is C14H28N2O5S. The van der Waals surface area contributed by atoms with Gasteiger partial charge in [0.1, 0.15) is 5.60 Å². The summed E-state index contributed by atoms with van der Waals surface area (Å²) in [5.74, 6) is -0.0586. The maximum atomic E-state index is 12.2. The third-order valence-corrected chi connectivity index (χ3v) is 4.83. The zero-order valence-electron chi connectivity index (χ0n) is 13.7. The van der Waals surface area contributed by atoms with E-state index in [0.29, 0.717) is 13.0 Å². The van der Waals surface area contributed by atoms with Crippen LogP contribution < -0.4 is 4.72 Å². The van der Waals surface area contributed by atoms with E-state index in [9.17, 15) is 13.2 Å². The lowest BCUT2D eigenvalue weighted by atomic mass is 10.0. The summed E-state index contributed by atoms with van der Waals surface area (Å²) in [6, 6.07) is -0.116. The highest BCUT2D eigenvalue weighted by atomic mass is 32.2. The number of hydrogen-bond donors (Lipinski definition) is 2. The second kappa shape index (κ2) is 8.12. The standard InChI is InChI=1S/C14H28N2O5S/c1-14(2,3)21-13(18)16-9-5-4-6-12(16)7-11-22(19,20)15-8-10-17/h12,15,17H,4-11H2,1-3H3. The minimum absolute atomic E-state index is 0.0166. The molecule has 0 aliphatic carbocycles. The minimum Gasteiger partial charge on any atom is -0.444 e. The van der Waals surface area contributed by atoms with Gasteiger partial charge in [-0.3, -0.25) is 0 Å². The van der Waals surface area contributed by atoms with E-state index in [0.717, 1.165) is 19.3 Å². The normalized spacial score (nSPS) is 20.0.